The van der Waals surface area contributed by atoms with Crippen molar-refractivity contribution in [3.63, 3.8) is 0 Å². The van der Waals surface area contributed by atoms with Crippen molar-refractivity contribution in [1.29, 1.82) is 0 Å². The number of carbonyl (C=O) groups is 1. The summed E-state index contributed by atoms with van der Waals surface area (Å²) in [5.41, 5.74) is -0.467. The van der Waals surface area contributed by atoms with Crippen LogP contribution in [0.2, 0.25) is 5.04 Å². The number of rotatable bonds is 8. The van der Waals surface area contributed by atoms with Crippen molar-refractivity contribution in [3.8, 4) is 0 Å². The third-order valence-electron chi connectivity index (χ3n) is 12.0. The summed E-state index contributed by atoms with van der Waals surface area (Å²) in [7, 11) is -3.07. The summed E-state index contributed by atoms with van der Waals surface area (Å²) in [4.78, 5) is 25.8. The zero-order chi connectivity index (χ0) is 28.8. The maximum absolute atomic E-state index is 13.1. The SMILES string of the molecule is CC(C)(CCC[C@H]1C2CCC(=O)[C@@]2(C)CCC1[C@@]1(C)CC[C@H](O)C[C@@H]1O)[Si](O)(c1ccccc1)c1ccccc1. The van der Waals surface area contributed by atoms with E-state index in [0.717, 1.165) is 61.7 Å². The van der Waals surface area contributed by atoms with Gasteiger partial charge in [-0.05, 0) is 89.9 Å². The van der Waals surface area contributed by atoms with E-state index in [4.69, 9.17) is 0 Å². The first-order valence-corrected chi connectivity index (χ1v) is 17.6. The lowest BCUT2D eigenvalue weighted by Gasteiger charge is -2.55. The standard InChI is InChI=1S/C35H50O4Si/c1-33(2,40(39,26-12-7-5-8-13-26)27-14-9-6-10-15-27)21-11-16-28-29-17-18-31(37)34(29,3)23-20-30(28)35(4)22-19-25(36)24-32(35)38/h5-10,12-15,25,28-30,32,36,38-39H,11,16-24H2,1-4H3/t25-,28-,29?,30?,32-,34-,35+/m0/s1. The molecule has 2 aromatic carbocycles. The molecule has 0 bridgehead atoms. The fourth-order valence-corrected chi connectivity index (χ4v) is 13.1. The number of aliphatic hydroxyl groups excluding tert-OH is 2. The van der Waals surface area contributed by atoms with E-state index in [1.165, 1.54) is 0 Å². The number of carbonyl (C=O) groups excluding carboxylic acids is 1. The molecule has 3 aliphatic carbocycles. The summed E-state index contributed by atoms with van der Waals surface area (Å²) in [6, 6.07) is 20.5. The Balaban J connectivity index is 1.41. The summed E-state index contributed by atoms with van der Waals surface area (Å²) in [5.74, 6) is 1.51. The molecule has 3 N–H and O–H groups in total. The molecule has 0 heterocycles. The Hall–Kier alpha value is -1.79. The Morgan fingerprint density at radius 1 is 0.875 bits per heavy atom. The summed E-state index contributed by atoms with van der Waals surface area (Å²) in [5, 5.41) is 23.4. The highest BCUT2D eigenvalue weighted by Crippen LogP contribution is 2.61. The minimum atomic E-state index is -3.07. The van der Waals surface area contributed by atoms with Gasteiger partial charge in [0.15, 0.2) is 0 Å². The van der Waals surface area contributed by atoms with Crippen LogP contribution in [0.5, 0.6) is 0 Å². The molecule has 0 amide bonds. The Bertz CT molecular complexity index is 1130. The minimum absolute atomic E-state index is 0.226. The van der Waals surface area contributed by atoms with Crippen molar-refractivity contribution in [1.82, 2.24) is 0 Å². The Morgan fingerprint density at radius 3 is 2.05 bits per heavy atom. The fraction of sp³-hybridized carbons (Fsp3) is 0.629. The molecular weight excluding hydrogens is 512 g/mol. The van der Waals surface area contributed by atoms with E-state index in [0.29, 0.717) is 36.4 Å². The van der Waals surface area contributed by atoms with Crippen molar-refractivity contribution in [2.75, 3.05) is 0 Å². The second-order valence-corrected chi connectivity index (χ2v) is 18.4. The van der Waals surface area contributed by atoms with Crippen LogP contribution < -0.4 is 10.4 Å². The Kier molecular flexibility index (Phi) is 8.26. The molecule has 5 heteroatoms. The lowest BCUT2D eigenvalue weighted by molar-refractivity contribution is -0.141. The number of ketones is 1. The quantitative estimate of drug-likeness (QED) is 0.366. The van der Waals surface area contributed by atoms with Gasteiger partial charge in [0.1, 0.15) is 5.78 Å². The van der Waals surface area contributed by atoms with Crippen LogP contribution in [0, 0.1) is 28.6 Å². The maximum Gasteiger partial charge on any atom is 0.258 e. The number of fused-ring (bicyclic) bond motifs is 1. The average Bonchev–Trinajstić information content (AvgIpc) is 3.25. The summed E-state index contributed by atoms with van der Waals surface area (Å²) < 4.78 is 0. The third kappa shape index (κ3) is 4.95. The molecule has 218 valence electrons. The molecule has 0 radical (unpaired) electrons. The van der Waals surface area contributed by atoms with Crippen LogP contribution in [-0.4, -0.2) is 41.3 Å². The monoisotopic (exact) mass is 562 g/mol. The average molecular weight is 563 g/mol. The highest BCUT2D eigenvalue weighted by Gasteiger charge is 2.58. The van der Waals surface area contributed by atoms with E-state index >= 15 is 0 Å². The molecule has 3 saturated carbocycles. The fourth-order valence-electron chi connectivity index (χ4n) is 9.27. The second-order valence-electron chi connectivity index (χ2n) is 14.5. The van der Waals surface area contributed by atoms with Gasteiger partial charge in [0.2, 0.25) is 0 Å². The van der Waals surface area contributed by atoms with Crippen molar-refractivity contribution >= 4 is 24.5 Å². The molecule has 2 unspecified atom stereocenters. The summed E-state index contributed by atoms with van der Waals surface area (Å²) >= 11 is 0. The van der Waals surface area contributed by atoms with Gasteiger partial charge in [0.05, 0.1) is 12.2 Å². The van der Waals surface area contributed by atoms with Gasteiger partial charge in [0.25, 0.3) is 8.32 Å². The van der Waals surface area contributed by atoms with Crippen LogP contribution in [0.4, 0.5) is 0 Å². The van der Waals surface area contributed by atoms with Crippen LogP contribution in [0.25, 0.3) is 0 Å². The van der Waals surface area contributed by atoms with Gasteiger partial charge < -0.3 is 15.0 Å². The number of hydrogen-bond acceptors (Lipinski definition) is 4. The number of aliphatic hydroxyl groups is 2. The smallest absolute Gasteiger partial charge is 0.258 e. The molecule has 3 aliphatic rings. The molecule has 0 aliphatic heterocycles. The molecule has 5 rings (SSSR count). The molecule has 0 aromatic heterocycles. The van der Waals surface area contributed by atoms with Crippen LogP contribution in [0.15, 0.2) is 60.7 Å². The Labute approximate surface area is 242 Å². The van der Waals surface area contributed by atoms with E-state index in [1.54, 1.807) is 0 Å². The van der Waals surface area contributed by atoms with Crippen LogP contribution in [-0.2, 0) is 4.79 Å². The first-order valence-electron chi connectivity index (χ1n) is 15.7. The summed E-state index contributed by atoms with van der Waals surface area (Å²) in [6.45, 7) is 8.95. The maximum atomic E-state index is 13.1. The van der Waals surface area contributed by atoms with Gasteiger partial charge in [-0.15, -0.1) is 0 Å². The van der Waals surface area contributed by atoms with Crippen LogP contribution in [0.1, 0.15) is 91.9 Å². The normalized spacial score (nSPS) is 35.0. The van der Waals surface area contributed by atoms with Gasteiger partial charge in [0, 0.05) is 11.8 Å². The zero-order valence-electron chi connectivity index (χ0n) is 25.0. The lowest BCUT2D eigenvalue weighted by Crippen LogP contribution is -2.65. The third-order valence-corrected chi connectivity index (χ3v) is 16.5. The van der Waals surface area contributed by atoms with Gasteiger partial charge in [-0.1, -0.05) is 94.8 Å². The zero-order valence-corrected chi connectivity index (χ0v) is 26.0. The molecule has 40 heavy (non-hydrogen) atoms. The van der Waals surface area contributed by atoms with Crippen molar-refractivity contribution in [2.45, 2.75) is 109 Å². The molecule has 4 nitrogen and oxygen atoms in total. The number of hydrogen-bond donors (Lipinski definition) is 3. The van der Waals surface area contributed by atoms with E-state index in [2.05, 4.69) is 52.0 Å². The first kappa shape index (κ1) is 29.7. The lowest BCUT2D eigenvalue weighted by atomic mass is 9.50. The van der Waals surface area contributed by atoms with Crippen LogP contribution in [0.3, 0.4) is 0 Å². The molecule has 7 atom stereocenters. The van der Waals surface area contributed by atoms with Gasteiger partial charge in [-0.25, -0.2) is 0 Å². The van der Waals surface area contributed by atoms with E-state index in [-0.39, 0.29) is 15.9 Å². The number of benzene rings is 2. The molecule has 3 fully saturated rings. The van der Waals surface area contributed by atoms with E-state index in [1.807, 2.05) is 36.4 Å². The van der Waals surface area contributed by atoms with E-state index in [9.17, 15) is 19.8 Å². The highest BCUT2D eigenvalue weighted by molar-refractivity contribution is 6.98. The topological polar surface area (TPSA) is 77.8 Å². The molecule has 0 spiro atoms. The Morgan fingerprint density at radius 2 is 1.48 bits per heavy atom. The minimum Gasteiger partial charge on any atom is -0.424 e. The molecule has 0 saturated heterocycles. The van der Waals surface area contributed by atoms with E-state index < -0.39 is 20.5 Å². The predicted molar refractivity (Wildman–Crippen MR) is 164 cm³/mol. The highest BCUT2D eigenvalue weighted by atomic mass is 28.4. The van der Waals surface area contributed by atoms with Crippen molar-refractivity contribution in [2.24, 2.45) is 28.6 Å². The van der Waals surface area contributed by atoms with Gasteiger partial charge in [-0.2, -0.15) is 0 Å². The van der Waals surface area contributed by atoms with Gasteiger partial charge in [-0.3, -0.25) is 4.79 Å². The van der Waals surface area contributed by atoms with Gasteiger partial charge >= 0.3 is 0 Å². The summed E-state index contributed by atoms with van der Waals surface area (Å²) in [6.07, 6.45) is 7.57. The van der Waals surface area contributed by atoms with Crippen molar-refractivity contribution < 1.29 is 19.8 Å². The molecular formula is C35H50O4Si. The first-order chi connectivity index (χ1) is 18.9. The second kappa shape index (κ2) is 11.1. The number of Topliss-reactive ketones (excluding diaryl/α,β-unsaturated/α-hetero) is 1. The van der Waals surface area contributed by atoms with Crippen LogP contribution >= 0.6 is 0 Å². The largest absolute Gasteiger partial charge is 0.424 e. The molecule has 2 aromatic rings. The predicted octanol–water partition coefficient (Wildman–Crippen LogP) is 5.61. The van der Waals surface area contributed by atoms with Crippen molar-refractivity contribution in [3.05, 3.63) is 60.7 Å².